The van der Waals surface area contributed by atoms with Gasteiger partial charge in [-0.15, -0.1) is 0 Å². The van der Waals surface area contributed by atoms with Gasteiger partial charge in [0, 0.05) is 12.8 Å². The molecule has 1 rings (SSSR count). The fourth-order valence-electron chi connectivity index (χ4n) is 2.20. The van der Waals surface area contributed by atoms with E-state index in [1.807, 2.05) is 27.7 Å². The Bertz CT molecular complexity index is 378. The Hall–Kier alpha value is -1.32. The van der Waals surface area contributed by atoms with Gasteiger partial charge in [-0.1, -0.05) is 32.9 Å². The van der Waals surface area contributed by atoms with E-state index in [9.17, 15) is 9.90 Å². The Labute approximate surface area is 102 Å². The molecular weight excluding hydrogens is 218 g/mol. The van der Waals surface area contributed by atoms with Gasteiger partial charge in [-0.2, -0.15) is 0 Å². The number of hydrogen-bond acceptors (Lipinski definition) is 4. The molecule has 0 radical (unpaired) electrons. The van der Waals surface area contributed by atoms with Crippen molar-refractivity contribution in [3.8, 4) is 0 Å². The third-order valence-corrected chi connectivity index (χ3v) is 2.86. The van der Waals surface area contributed by atoms with E-state index in [0.717, 1.165) is 0 Å². The van der Waals surface area contributed by atoms with Gasteiger partial charge in [0.15, 0.2) is 5.78 Å². The Morgan fingerprint density at radius 1 is 1.41 bits per heavy atom. The molecule has 0 aromatic rings. The summed E-state index contributed by atoms with van der Waals surface area (Å²) >= 11 is 0. The zero-order valence-electron chi connectivity index (χ0n) is 10.9. The Morgan fingerprint density at radius 2 is 2.00 bits per heavy atom. The number of aliphatic hydroxyl groups excluding tert-OH is 1. The lowest BCUT2D eigenvalue weighted by Gasteiger charge is -2.29. The molecule has 2 N–H and O–H groups in total. The number of oxime groups is 1. The summed E-state index contributed by atoms with van der Waals surface area (Å²) in [6, 6.07) is 0. The van der Waals surface area contributed by atoms with E-state index in [1.165, 1.54) is 0 Å². The summed E-state index contributed by atoms with van der Waals surface area (Å²) in [6.07, 6.45) is 1.32. The van der Waals surface area contributed by atoms with Crippen LogP contribution >= 0.6 is 0 Å². The molecule has 4 nitrogen and oxygen atoms in total. The van der Waals surface area contributed by atoms with Crippen molar-refractivity contribution < 1.29 is 15.1 Å². The maximum atomic E-state index is 12.0. The van der Waals surface area contributed by atoms with Crippen molar-refractivity contribution in [2.75, 3.05) is 0 Å². The summed E-state index contributed by atoms with van der Waals surface area (Å²) in [5.41, 5.74) is 0.307. The Kier molecular flexibility index (Phi) is 3.96. The third-order valence-electron chi connectivity index (χ3n) is 2.86. The summed E-state index contributed by atoms with van der Waals surface area (Å²) < 4.78 is 0. The van der Waals surface area contributed by atoms with Crippen molar-refractivity contribution in [1.29, 1.82) is 0 Å². The highest BCUT2D eigenvalue weighted by Gasteiger charge is 2.35. The van der Waals surface area contributed by atoms with E-state index in [4.69, 9.17) is 5.21 Å². The summed E-state index contributed by atoms with van der Waals surface area (Å²) in [7, 11) is 0. The molecule has 0 aromatic heterocycles. The lowest BCUT2D eigenvalue weighted by atomic mass is 9.75. The van der Waals surface area contributed by atoms with Crippen molar-refractivity contribution in [3.63, 3.8) is 0 Å². The molecule has 0 fully saturated rings. The van der Waals surface area contributed by atoms with Crippen LogP contribution in [0.4, 0.5) is 0 Å². The number of carbonyl (C=O) groups excluding carboxylic acids is 1. The molecule has 1 aliphatic carbocycles. The van der Waals surface area contributed by atoms with Crippen molar-refractivity contribution in [2.24, 2.45) is 16.5 Å². The van der Waals surface area contributed by atoms with Crippen molar-refractivity contribution in [2.45, 2.75) is 47.0 Å². The van der Waals surface area contributed by atoms with Gasteiger partial charge in [-0.3, -0.25) is 4.79 Å². The largest absolute Gasteiger partial charge is 0.511 e. The quantitative estimate of drug-likeness (QED) is 0.451. The minimum absolute atomic E-state index is 0.0553. The van der Waals surface area contributed by atoms with Gasteiger partial charge >= 0.3 is 0 Å². The third kappa shape index (κ3) is 3.32. The van der Waals surface area contributed by atoms with E-state index in [0.29, 0.717) is 25.0 Å². The van der Waals surface area contributed by atoms with Crippen molar-refractivity contribution in [1.82, 2.24) is 0 Å². The van der Waals surface area contributed by atoms with Crippen LogP contribution in [0.15, 0.2) is 16.5 Å². The highest BCUT2D eigenvalue weighted by molar-refractivity contribution is 6.23. The average Bonchev–Trinajstić information content (AvgIpc) is 2.12. The first kappa shape index (κ1) is 13.7. The number of carbonyl (C=O) groups is 1. The predicted octanol–water partition coefficient (Wildman–Crippen LogP) is 3.06. The van der Waals surface area contributed by atoms with Gasteiger partial charge in [0.05, 0.1) is 11.3 Å². The number of ketones is 1. The standard InChI is InChI=1S/C13H21NO3/c1-8(2)5-9(14-17)12-10(15)6-13(3,4)7-11(12)16/h8,15,17H,5-7H2,1-4H3. The molecule has 0 saturated heterocycles. The van der Waals surface area contributed by atoms with Gasteiger partial charge in [0.25, 0.3) is 0 Å². The van der Waals surface area contributed by atoms with Crippen LogP contribution in [0, 0.1) is 11.3 Å². The number of hydrogen-bond donors (Lipinski definition) is 2. The van der Waals surface area contributed by atoms with Gasteiger partial charge in [-0.25, -0.2) is 0 Å². The molecular formula is C13H21NO3. The number of rotatable bonds is 3. The molecule has 0 heterocycles. The van der Waals surface area contributed by atoms with E-state index in [-0.39, 0.29) is 28.4 Å². The summed E-state index contributed by atoms with van der Waals surface area (Å²) in [6.45, 7) is 7.83. The second kappa shape index (κ2) is 4.90. The second-order valence-electron chi connectivity index (χ2n) is 5.91. The highest BCUT2D eigenvalue weighted by Crippen LogP contribution is 2.36. The smallest absolute Gasteiger partial charge is 0.168 e. The predicted molar refractivity (Wildman–Crippen MR) is 66.4 cm³/mol. The molecule has 0 spiro atoms. The molecule has 0 aromatic carbocycles. The summed E-state index contributed by atoms with van der Waals surface area (Å²) in [5.74, 6) is 0.191. The monoisotopic (exact) mass is 239 g/mol. The van der Waals surface area contributed by atoms with Crippen molar-refractivity contribution in [3.05, 3.63) is 11.3 Å². The second-order valence-corrected chi connectivity index (χ2v) is 5.91. The molecule has 0 bridgehead atoms. The number of allylic oxidation sites excluding steroid dienone is 2. The van der Waals surface area contributed by atoms with Crippen LogP contribution in [0.2, 0.25) is 0 Å². The molecule has 0 atom stereocenters. The summed E-state index contributed by atoms with van der Waals surface area (Å²) in [4.78, 5) is 12.0. The van der Waals surface area contributed by atoms with Crippen LogP contribution < -0.4 is 0 Å². The maximum absolute atomic E-state index is 12.0. The normalized spacial score (nSPS) is 21.2. The van der Waals surface area contributed by atoms with Crippen LogP contribution in [0.5, 0.6) is 0 Å². The van der Waals surface area contributed by atoms with Crippen LogP contribution in [0.3, 0.4) is 0 Å². The first-order valence-electron chi connectivity index (χ1n) is 5.93. The van der Waals surface area contributed by atoms with Crippen molar-refractivity contribution >= 4 is 11.5 Å². The fraction of sp³-hybridized carbons (Fsp3) is 0.692. The molecule has 0 aliphatic heterocycles. The van der Waals surface area contributed by atoms with Crippen LogP contribution in [-0.4, -0.2) is 21.8 Å². The van der Waals surface area contributed by atoms with Gasteiger partial charge in [-0.05, 0) is 17.8 Å². The number of aliphatic hydroxyl groups is 1. The van der Waals surface area contributed by atoms with Crippen LogP contribution in [0.25, 0.3) is 0 Å². The zero-order valence-corrected chi connectivity index (χ0v) is 10.9. The summed E-state index contributed by atoms with van der Waals surface area (Å²) in [5, 5.41) is 22.1. The zero-order chi connectivity index (χ0) is 13.2. The Balaban J connectivity index is 3.07. The lowest BCUT2D eigenvalue weighted by Crippen LogP contribution is -2.29. The molecule has 1 aliphatic rings. The molecule has 96 valence electrons. The number of Topliss-reactive ketones (excluding diaryl/α,β-unsaturated/α-hetero) is 1. The molecule has 17 heavy (non-hydrogen) atoms. The van der Waals surface area contributed by atoms with Gasteiger partial charge < -0.3 is 10.3 Å². The first-order chi connectivity index (χ1) is 7.76. The van der Waals surface area contributed by atoms with E-state index < -0.39 is 0 Å². The van der Waals surface area contributed by atoms with Crippen LogP contribution in [-0.2, 0) is 4.79 Å². The molecule has 4 heteroatoms. The SMILES string of the molecule is CC(C)CC(=NO)C1=C(O)CC(C)(C)CC1=O. The minimum Gasteiger partial charge on any atom is -0.511 e. The average molecular weight is 239 g/mol. The molecule has 0 amide bonds. The van der Waals surface area contributed by atoms with E-state index in [2.05, 4.69) is 5.16 Å². The van der Waals surface area contributed by atoms with E-state index in [1.54, 1.807) is 0 Å². The maximum Gasteiger partial charge on any atom is 0.168 e. The van der Waals surface area contributed by atoms with Gasteiger partial charge in [0.1, 0.15) is 5.76 Å². The minimum atomic E-state index is -0.219. The highest BCUT2D eigenvalue weighted by atomic mass is 16.4. The Morgan fingerprint density at radius 3 is 2.41 bits per heavy atom. The topological polar surface area (TPSA) is 69.9 Å². The molecule has 0 unspecified atom stereocenters. The lowest BCUT2D eigenvalue weighted by molar-refractivity contribution is -0.118. The first-order valence-corrected chi connectivity index (χ1v) is 5.93. The van der Waals surface area contributed by atoms with Gasteiger partial charge in [0.2, 0.25) is 0 Å². The molecule has 0 saturated carbocycles. The van der Waals surface area contributed by atoms with E-state index >= 15 is 0 Å². The van der Waals surface area contributed by atoms with Crippen LogP contribution in [0.1, 0.15) is 47.0 Å². The fourth-order valence-corrected chi connectivity index (χ4v) is 2.20. The number of nitrogens with zero attached hydrogens (tertiary/aromatic N) is 1.